The van der Waals surface area contributed by atoms with Crippen molar-refractivity contribution >= 4 is 6.21 Å². The lowest BCUT2D eigenvalue weighted by Crippen LogP contribution is -1.86. The zero-order chi connectivity index (χ0) is 15.2. The first-order chi connectivity index (χ1) is 10.8. The van der Waals surface area contributed by atoms with Crippen molar-refractivity contribution in [2.75, 3.05) is 0 Å². The van der Waals surface area contributed by atoms with Crippen LogP contribution in [0, 0.1) is 0 Å². The molecule has 0 aliphatic heterocycles. The summed E-state index contributed by atoms with van der Waals surface area (Å²) in [5.41, 5.74) is 3.15. The summed E-state index contributed by atoms with van der Waals surface area (Å²) in [7, 11) is 0. The molecule has 22 heavy (non-hydrogen) atoms. The van der Waals surface area contributed by atoms with Crippen molar-refractivity contribution in [3.63, 3.8) is 0 Å². The molecule has 0 saturated heterocycles. The fourth-order valence-electron chi connectivity index (χ4n) is 2.17. The minimum absolute atomic E-state index is 0.738. The molecule has 0 fully saturated rings. The standard InChI is InChI=1S/C19H15NO2/c21-20-14-15-6-10-18(11-7-15)22-19-12-8-17(9-13-19)16-4-2-1-3-5-16/h1-14,21H/b20-14+. The van der Waals surface area contributed by atoms with E-state index in [9.17, 15) is 0 Å². The highest BCUT2D eigenvalue weighted by molar-refractivity contribution is 5.79. The summed E-state index contributed by atoms with van der Waals surface area (Å²) in [6.45, 7) is 0. The molecule has 0 aliphatic rings. The van der Waals surface area contributed by atoms with E-state index in [0.29, 0.717) is 0 Å². The van der Waals surface area contributed by atoms with Crippen molar-refractivity contribution in [3.8, 4) is 22.6 Å². The molecule has 3 aromatic carbocycles. The fourth-order valence-corrected chi connectivity index (χ4v) is 2.17. The second kappa shape index (κ2) is 6.59. The van der Waals surface area contributed by atoms with Gasteiger partial charge in [0, 0.05) is 0 Å². The maximum Gasteiger partial charge on any atom is 0.127 e. The molecule has 0 atom stereocenters. The van der Waals surface area contributed by atoms with Gasteiger partial charge in [-0.15, -0.1) is 0 Å². The minimum atomic E-state index is 0.738. The molecule has 0 heterocycles. The van der Waals surface area contributed by atoms with Crippen molar-refractivity contribution in [3.05, 3.63) is 84.4 Å². The third-order valence-corrected chi connectivity index (χ3v) is 3.28. The van der Waals surface area contributed by atoms with Gasteiger partial charge in [-0.2, -0.15) is 0 Å². The highest BCUT2D eigenvalue weighted by Crippen LogP contribution is 2.25. The van der Waals surface area contributed by atoms with E-state index in [1.807, 2.05) is 66.7 Å². The van der Waals surface area contributed by atoms with E-state index < -0.39 is 0 Å². The topological polar surface area (TPSA) is 41.8 Å². The van der Waals surface area contributed by atoms with Gasteiger partial charge in [-0.25, -0.2) is 0 Å². The molecule has 0 unspecified atom stereocenters. The highest BCUT2D eigenvalue weighted by atomic mass is 16.5. The zero-order valence-electron chi connectivity index (χ0n) is 11.9. The molecule has 0 aliphatic carbocycles. The Morgan fingerprint density at radius 2 is 1.23 bits per heavy atom. The Labute approximate surface area is 129 Å². The van der Waals surface area contributed by atoms with Crippen LogP contribution in [0.25, 0.3) is 11.1 Å². The summed E-state index contributed by atoms with van der Waals surface area (Å²) in [6, 6.07) is 25.5. The monoisotopic (exact) mass is 289 g/mol. The van der Waals surface area contributed by atoms with Crippen LogP contribution in [0.4, 0.5) is 0 Å². The van der Waals surface area contributed by atoms with Crippen LogP contribution in [0.15, 0.2) is 84.0 Å². The summed E-state index contributed by atoms with van der Waals surface area (Å²) in [6.07, 6.45) is 1.37. The van der Waals surface area contributed by atoms with E-state index in [1.54, 1.807) is 0 Å². The molecular formula is C19H15NO2. The normalized spacial score (nSPS) is 10.7. The smallest absolute Gasteiger partial charge is 0.127 e. The van der Waals surface area contributed by atoms with E-state index >= 15 is 0 Å². The Hall–Kier alpha value is -3.07. The van der Waals surface area contributed by atoms with Gasteiger partial charge in [0.25, 0.3) is 0 Å². The van der Waals surface area contributed by atoms with E-state index in [4.69, 9.17) is 9.94 Å². The van der Waals surface area contributed by atoms with E-state index in [-0.39, 0.29) is 0 Å². The van der Waals surface area contributed by atoms with Crippen LogP contribution in [0.2, 0.25) is 0 Å². The predicted molar refractivity (Wildman–Crippen MR) is 87.8 cm³/mol. The molecule has 108 valence electrons. The van der Waals surface area contributed by atoms with E-state index in [0.717, 1.165) is 22.6 Å². The quantitative estimate of drug-likeness (QED) is 0.419. The zero-order valence-corrected chi connectivity index (χ0v) is 11.9. The van der Waals surface area contributed by atoms with Crippen LogP contribution in [-0.2, 0) is 0 Å². The first-order valence-corrected chi connectivity index (χ1v) is 6.96. The van der Waals surface area contributed by atoms with Gasteiger partial charge in [0.2, 0.25) is 0 Å². The maximum absolute atomic E-state index is 8.48. The van der Waals surface area contributed by atoms with Crippen LogP contribution in [-0.4, -0.2) is 11.4 Å². The Kier molecular flexibility index (Phi) is 4.16. The Morgan fingerprint density at radius 3 is 1.82 bits per heavy atom. The van der Waals surface area contributed by atoms with Crippen molar-refractivity contribution < 1.29 is 9.94 Å². The van der Waals surface area contributed by atoms with Gasteiger partial charge in [0.15, 0.2) is 0 Å². The predicted octanol–water partition coefficient (Wildman–Crippen LogP) is 4.95. The van der Waals surface area contributed by atoms with E-state index in [1.165, 1.54) is 11.8 Å². The summed E-state index contributed by atoms with van der Waals surface area (Å²) in [4.78, 5) is 0. The SMILES string of the molecule is O/N=C/c1ccc(Oc2ccc(-c3ccccc3)cc2)cc1. The lowest BCUT2D eigenvalue weighted by atomic mass is 10.1. The number of oxime groups is 1. The fraction of sp³-hybridized carbons (Fsp3) is 0. The van der Waals surface area contributed by atoms with E-state index in [2.05, 4.69) is 17.3 Å². The maximum atomic E-state index is 8.48. The number of rotatable bonds is 4. The van der Waals surface area contributed by atoms with Crippen molar-refractivity contribution in [1.29, 1.82) is 0 Å². The molecule has 1 N–H and O–H groups in total. The van der Waals surface area contributed by atoms with Crippen LogP contribution in [0.3, 0.4) is 0 Å². The molecule has 0 amide bonds. The third-order valence-electron chi connectivity index (χ3n) is 3.28. The van der Waals surface area contributed by atoms with Crippen molar-refractivity contribution in [2.24, 2.45) is 5.16 Å². The molecule has 0 bridgehead atoms. The van der Waals surface area contributed by atoms with Gasteiger partial charge in [0.1, 0.15) is 11.5 Å². The number of benzene rings is 3. The van der Waals surface area contributed by atoms with Gasteiger partial charge in [-0.05, 0) is 53.1 Å². The molecule has 3 rings (SSSR count). The molecule has 3 heteroatoms. The number of hydrogen-bond donors (Lipinski definition) is 1. The minimum Gasteiger partial charge on any atom is -0.457 e. The van der Waals surface area contributed by atoms with Crippen molar-refractivity contribution in [2.45, 2.75) is 0 Å². The van der Waals surface area contributed by atoms with Gasteiger partial charge >= 0.3 is 0 Å². The summed E-state index contributed by atoms with van der Waals surface area (Å²) in [5.74, 6) is 1.52. The summed E-state index contributed by atoms with van der Waals surface area (Å²) >= 11 is 0. The van der Waals surface area contributed by atoms with Crippen molar-refractivity contribution in [1.82, 2.24) is 0 Å². The first-order valence-electron chi connectivity index (χ1n) is 6.96. The molecule has 0 radical (unpaired) electrons. The molecule has 0 spiro atoms. The summed E-state index contributed by atoms with van der Waals surface area (Å²) < 4.78 is 5.80. The highest BCUT2D eigenvalue weighted by Gasteiger charge is 2.00. The Bertz CT molecular complexity index is 748. The van der Waals surface area contributed by atoms with Crippen LogP contribution >= 0.6 is 0 Å². The lowest BCUT2D eigenvalue weighted by Gasteiger charge is -2.07. The lowest BCUT2D eigenvalue weighted by molar-refractivity contribution is 0.322. The largest absolute Gasteiger partial charge is 0.457 e. The average Bonchev–Trinajstić information content (AvgIpc) is 2.58. The third kappa shape index (κ3) is 3.33. The number of ether oxygens (including phenoxy) is 1. The number of hydrogen-bond acceptors (Lipinski definition) is 3. The average molecular weight is 289 g/mol. The second-order valence-corrected chi connectivity index (χ2v) is 4.81. The Balaban J connectivity index is 1.73. The first kappa shape index (κ1) is 13.9. The second-order valence-electron chi connectivity index (χ2n) is 4.81. The van der Waals surface area contributed by atoms with Crippen LogP contribution in [0.1, 0.15) is 5.56 Å². The number of nitrogens with zero attached hydrogens (tertiary/aromatic N) is 1. The molecule has 3 nitrogen and oxygen atoms in total. The van der Waals surface area contributed by atoms with Gasteiger partial charge in [-0.1, -0.05) is 47.6 Å². The molecule has 3 aromatic rings. The Morgan fingerprint density at radius 1 is 0.682 bits per heavy atom. The summed E-state index contributed by atoms with van der Waals surface area (Å²) in [5, 5.41) is 11.5. The van der Waals surface area contributed by atoms with Gasteiger partial charge in [-0.3, -0.25) is 0 Å². The molecule has 0 aromatic heterocycles. The van der Waals surface area contributed by atoms with Gasteiger partial charge < -0.3 is 9.94 Å². The van der Waals surface area contributed by atoms with Crippen LogP contribution < -0.4 is 4.74 Å². The van der Waals surface area contributed by atoms with Gasteiger partial charge in [0.05, 0.1) is 6.21 Å². The molecule has 0 saturated carbocycles. The van der Waals surface area contributed by atoms with Crippen LogP contribution in [0.5, 0.6) is 11.5 Å². The molecular weight excluding hydrogens is 274 g/mol.